The molecule has 158 valence electrons. The van der Waals surface area contributed by atoms with Crippen LogP contribution in [0.4, 0.5) is 0 Å². The number of hydrogen-bond acceptors (Lipinski definition) is 5. The van der Waals surface area contributed by atoms with Crippen LogP contribution in [0, 0.1) is 5.92 Å². The zero-order valence-electron chi connectivity index (χ0n) is 17.2. The average Bonchev–Trinajstić information content (AvgIpc) is 3.46. The molecule has 5 rings (SSSR count). The van der Waals surface area contributed by atoms with Crippen molar-refractivity contribution in [3.63, 3.8) is 0 Å². The highest BCUT2D eigenvalue weighted by Crippen LogP contribution is 2.42. The molecule has 2 saturated heterocycles. The highest BCUT2D eigenvalue weighted by Gasteiger charge is 2.49. The van der Waals surface area contributed by atoms with E-state index in [2.05, 4.69) is 14.9 Å². The summed E-state index contributed by atoms with van der Waals surface area (Å²) in [5.74, 6) is 1.05. The van der Waals surface area contributed by atoms with Crippen LogP contribution in [0.15, 0.2) is 6.33 Å². The van der Waals surface area contributed by atoms with Gasteiger partial charge in [0.05, 0.1) is 24.1 Å². The lowest BCUT2D eigenvalue weighted by atomic mass is 9.78. The number of piperidine rings is 2. The molecule has 1 spiro atoms. The minimum atomic E-state index is -0.424. The number of H-pyrrole nitrogens is 1. The molecule has 2 bridgehead atoms. The van der Waals surface area contributed by atoms with E-state index in [9.17, 15) is 9.59 Å². The predicted octanol–water partition coefficient (Wildman–Crippen LogP) is 0.743. The quantitative estimate of drug-likeness (QED) is 0.805. The zero-order chi connectivity index (χ0) is 20.0. The standard InChI is InChI=1S/C21H31N5O3/c1-29-13-19(28)26-7-4-17-20(23-14-22-17)21(26)5-8-24(9-6-21)18(27)12-25-11-15-2-3-16(25)10-15/h14-16H,2-13H2,1H3,(H,22,23)/t15-,16+/m0/s1. The number of nitrogens with zero attached hydrogens (tertiary/aromatic N) is 4. The molecule has 1 aromatic rings. The van der Waals surface area contributed by atoms with Gasteiger partial charge in [0.1, 0.15) is 6.61 Å². The summed E-state index contributed by atoms with van der Waals surface area (Å²) >= 11 is 0. The summed E-state index contributed by atoms with van der Waals surface area (Å²) in [5, 5.41) is 0. The lowest BCUT2D eigenvalue weighted by Gasteiger charge is -2.50. The minimum absolute atomic E-state index is 0.00835. The number of carbonyl (C=O) groups is 2. The van der Waals surface area contributed by atoms with E-state index >= 15 is 0 Å². The highest BCUT2D eigenvalue weighted by molar-refractivity contribution is 5.80. The second-order valence-corrected chi connectivity index (χ2v) is 9.13. The molecular formula is C21H31N5O3. The maximum atomic E-state index is 13.0. The summed E-state index contributed by atoms with van der Waals surface area (Å²) in [6.45, 7) is 3.73. The summed E-state index contributed by atoms with van der Waals surface area (Å²) in [6, 6.07) is 0.618. The summed E-state index contributed by atoms with van der Waals surface area (Å²) in [6.07, 6.45) is 7.84. The van der Waals surface area contributed by atoms with E-state index in [0.717, 1.165) is 43.1 Å². The third kappa shape index (κ3) is 3.17. The van der Waals surface area contributed by atoms with Crippen molar-refractivity contribution in [1.82, 2.24) is 24.7 Å². The molecule has 29 heavy (non-hydrogen) atoms. The molecule has 0 radical (unpaired) electrons. The maximum Gasteiger partial charge on any atom is 0.249 e. The molecule has 1 aliphatic carbocycles. The number of nitrogens with one attached hydrogen (secondary N) is 1. The molecular weight excluding hydrogens is 370 g/mol. The van der Waals surface area contributed by atoms with Crippen LogP contribution < -0.4 is 0 Å². The van der Waals surface area contributed by atoms with E-state index in [0.29, 0.717) is 32.2 Å². The van der Waals surface area contributed by atoms with Crippen LogP contribution in [0.1, 0.15) is 43.5 Å². The van der Waals surface area contributed by atoms with Crippen molar-refractivity contribution >= 4 is 11.8 Å². The van der Waals surface area contributed by atoms with Gasteiger partial charge >= 0.3 is 0 Å². The van der Waals surface area contributed by atoms with E-state index < -0.39 is 5.54 Å². The number of methoxy groups -OCH3 is 1. The van der Waals surface area contributed by atoms with Crippen molar-refractivity contribution in [1.29, 1.82) is 0 Å². The molecule has 1 aromatic heterocycles. The lowest BCUT2D eigenvalue weighted by Crippen LogP contribution is -2.60. The second-order valence-electron chi connectivity index (χ2n) is 9.13. The number of rotatable bonds is 4. The van der Waals surface area contributed by atoms with Crippen molar-refractivity contribution in [2.24, 2.45) is 5.92 Å². The molecule has 3 fully saturated rings. The van der Waals surface area contributed by atoms with Gasteiger partial charge in [-0.15, -0.1) is 0 Å². The number of ether oxygens (including phenoxy) is 1. The predicted molar refractivity (Wildman–Crippen MR) is 106 cm³/mol. The van der Waals surface area contributed by atoms with Crippen LogP contribution in [-0.2, 0) is 26.3 Å². The van der Waals surface area contributed by atoms with E-state index in [4.69, 9.17) is 4.74 Å². The van der Waals surface area contributed by atoms with Crippen molar-refractivity contribution in [3.8, 4) is 0 Å². The van der Waals surface area contributed by atoms with Gasteiger partial charge in [-0.1, -0.05) is 0 Å². The molecule has 1 saturated carbocycles. The van der Waals surface area contributed by atoms with Gasteiger partial charge < -0.3 is 19.5 Å². The Morgan fingerprint density at radius 3 is 2.76 bits per heavy atom. The summed E-state index contributed by atoms with van der Waals surface area (Å²) < 4.78 is 5.13. The monoisotopic (exact) mass is 401 g/mol. The Morgan fingerprint density at radius 1 is 1.24 bits per heavy atom. The molecule has 0 aromatic carbocycles. The molecule has 3 aliphatic heterocycles. The second kappa shape index (κ2) is 7.40. The molecule has 2 atom stereocenters. The first-order valence-electron chi connectivity index (χ1n) is 10.9. The van der Waals surface area contributed by atoms with E-state index in [-0.39, 0.29) is 18.4 Å². The Balaban J connectivity index is 1.29. The SMILES string of the molecule is COCC(=O)N1CCc2[nH]cnc2C12CCN(C(=O)CN1C[C@H]3CC[C@@H]1C3)CC2. The van der Waals surface area contributed by atoms with Crippen LogP contribution in [0.2, 0.25) is 0 Å². The number of likely N-dealkylation sites (tertiary alicyclic amines) is 2. The van der Waals surface area contributed by atoms with Crippen molar-refractivity contribution in [2.45, 2.75) is 50.1 Å². The molecule has 4 heterocycles. The van der Waals surface area contributed by atoms with Crippen LogP contribution >= 0.6 is 0 Å². The van der Waals surface area contributed by atoms with Crippen molar-refractivity contribution in [2.75, 3.05) is 46.4 Å². The van der Waals surface area contributed by atoms with Gasteiger partial charge in [-0.05, 0) is 38.0 Å². The van der Waals surface area contributed by atoms with Gasteiger partial charge in [0.2, 0.25) is 11.8 Å². The molecule has 2 amide bonds. The maximum absolute atomic E-state index is 13.0. The fourth-order valence-corrected chi connectivity index (χ4v) is 6.17. The first-order chi connectivity index (χ1) is 14.1. The number of amides is 2. The Bertz CT molecular complexity index is 785. The third-order valence-corrected chi connectivity index (χ3v) is 7.63. The summed E-state index contributed by atoms with van der Waals surface area (Å²) in [5.41, 5.74) is 1.68. The van der Waals surface area contributed by atoms with E-state index in [1.54, 1.807) is 13.4 Å². The number of imidazole rings is 1. The summed E-state index contributed by atoms with van der Waals surface area (Å²) in [7, 11) is 1.56. The van der Waals surface area contributed by atoms with Gasteiger partial charge in [-0.25, -0.2) is 4.98 Å². The lowest BCUT2D eigenvalue weighted by molar-refractivity contribution is -0.148. The van der Waals surface area contributed by atoms with Crippen LogP contribution in [0.5, 0.6) is 0 Å². The largest absolute Gasteiger partial charge is 0.375 e. The zero-order valence-corrected chi connectivity index (χ0v) is 17.2. The number of carbonyl (C=O) groups excluding carboxylic acids is 2. The van der Waals surface area contributed by atoms with E-state index in [1.807, 2.05) is 9.80 Å². The van der Waals surface area contributed by atoms with Gasteiger partial charge in [-0.2, -0.15) is 0 Å². The summed E-state index contributed by atoms with van der Waals surface area (Å²) in [4.78, 5) is 40.0. The Morgan fingerprint density at radius 2 is 2.07 bits per heavy atom. The fourth-order valence-electron chi connectivity index (χ4n) is 6.17. The normalized spacial score (nSPS) is 28.2. The Hall–Kier alpha value is -1.93. The molecule has 4 aliphatic rings. The third-order valence-electron chi connectivity index (χ3n) is 7.63. The average molecular weight is 402 g/mol. The van der Waals surface area contributed by atoms with Crippen LogP contribution in [0.25, 0.3) is 0 Å². The van der Waals surface area contributed by atoms with Gasteiger partial charge in [0.15, 0.2) is 0 Å². The highest BCUT2D eigenvalue weighted by atomic mass is 16.5. The molecule has 1 N–H and O–H groups in total. The topological polar surface area (TPSA) is 81.8 Å². The number of aromatic nitrogens is 2. The molecule has 8 heteroatoms. The number of aromatic amines is 1. The smallest absolute Gasteiger partial charge is 0.249 e. The fraction of sp³-hybridized carbons (Fsp3) is 0.762. The Labute approximate surface area is 171 Å². The first-order valence-corrected chi connectivity index (χ1v) is 10.9. The molecule has 0 unspecified atom stereocenters. The van der Waals surface area contributed by atoms with Gasteiger partial charge in [-0.3, -0.25) is 14.5 Å². The number of fused-ring (bicyclic) bond motifs is 4. The first kappa shape index (κ1) is 19.1. The minimum Gasteiger partial charge on any atom is -0.375 e. The Kier molecular flexibility index (Phi) is 4.86. The van der Waals surface area contributed by atoms with Crippen molar-refractivity contribution in [3.05, 3.63) is 17.7 Å². The van der Waals surface area contributed by atoms with E-state index in [1.165, 1.54) is 19.3 Å². The van der Waals surface area contributed by atoms with Crippen LogP contribution in [-0.4, -0.2) is 89.0 Å². The molecule has 8 nitrogen and oxygen atoms in total. The van der Waals surface area contributed by atoms with Crippen LogP contribution in [0.3, 0.4) is 0 Å². The van der Waals surface area contributed by atoms with Gasteiger partial charge in [0, 0.05) is 51.4 Å². The van der Waals surface area contributed by atoms with Crippen molar-refractivity contribution < 1.29 is 14.3 Å². The van der Waals surface area contributed by atoms with Gasteiger partial charge in [0.25, 0.3) is 0 Å². The number of hydrogen-bond donors (Lipinski definition) is 1.